The van der Waals surface area contributed by atoms with Crippen LogP contribution in [0.1, 0.15) is 5.69 Å². The van der Waals surface area contributed by atoms with Crippen molar-refractivity contribution in [3.63, 3.8) is 0 Å². The Kier molecular flexibility index (Phi) is 2.40. The van der Waals surface area contributed by atoms with Gasteiger partial charge in [-0.05, 0) is 31.2 Å². The molecule has 5 nitrogen and oxygen atoms in total. The molecule has 0 saturated carbocycles. The molecule has 0 aliphatic rings. The summed E-state index contributed by atoms with van der Waals surface area (Å²) in [6, 6.07) is 7.79. The molecule has 0 spiro atoms. The molecule has 0 fully saturated rings. The quantitative estimate of drug-likeness (QED) is 0.752. The maximum absolute atomic E-state index is 13.1. The number of benzene rings is 1. The Balaban J connectivity index is 1.99. The SMILES string of the molecule is Cc1cc(-c2nnc(-c3cccc(F)c3)o2)n[nH]1. The van der Waals surface area contributed by atoms with Crippen LogP contribution in [0.25, 0.3) is 23.0 Å². The molecule has 2 aromatic heterocycles. The number of hydrogen-bond donors (Lipinski definition) is 1. The second-order valence-electron chi connectivity index (χ2n) is 3.86. The minimum Gasteiger partial charge on any atom is -0.415 e. The van der Waals surface area contributed by atoms with Crippen LogP contribution >= 0.6 is 0 Å². The first kappa shape index (κ1) is 10.6. The van der Waals surface area contributed by atoms with Gasteiger partial charge in [0.15, 0.2) is 0 Å². The van der Waals surface area contributed by atoms with Crippen molar-refractivity contribution in [2.24, 2.45) is 0 Å². The Bertz CT molecular complexity index is 689. The van der Waals surface area contributed by atoms with Crippen LogP contribution in [0.5, 0.6) is 0 Å². The number of H-pyrrole nitrogens is 1. The molecule has 0 radical (unpaired) electrons. The smallest absolute Gasteiger partial charge is 0.268 e. The van der Waals surface area contributed by atoms with Crippen molar-refractivity contribution in [2.75, 3.05) is 0 Å². The molecule has 3 aromatic rings. The lowest BCUT2D eigenvalue weighted by Gasteiger charge is -1.93. The molecule has 0 unspecified atom stereocenters. The normalized spacial score (nSPS) is 10.8. The van der Waals surface area contributed by atoms with Crippen LogP contribution in [-0.2, 0) is 0 Å². The van der Waals surface area contributed by atoms with E-state index in [0.29, 0.717) is 17.1 Å². The van der Waals surface area contributed by atoms with Crippen molar-refractivity contribution in [1.29, 1.82) is 0 Å². The summed E-state index contributed by atoms with van der Waals surface area (Å²) in [4.78, 5) is 0. The zero-order valence-electron chi connectivity index (χ0n) is 9.51. The van der Waals surface area contributed by atoms with Crippen molar-refractivity contribution < 1.29 is 8.81 Å². The molecule has 0 bridgehead atoms. The summed E-state index contributed by atoms with van der Waals surface area (Å²) in [5, 5.41) is 14.6. The fraction of sp³-hybridized carbons (Fsp3) is 0.0833. The summed E-state index contributed by atoms with van der Waals surface area (Å²) in [5.74, 6) is 0.228. The predicted octanol–water partition coefficient (Wildman–Crippen LogP) is 2.57. The molecular formula is C12H9FN4O. The minimum absolute atomic E-state index is 0.269. The maximum atomic E-state index is 13.1. The van der Waals surface area contributed by atoms with Crippen LogP contribution in [0.4, 0.5) is 4.39 Å². The fourth-order valence-electron chi connectivity index (χ4n) is 1.59. The van der Waals surface area contributed by atoms with E-state index in [9.17, 15) is 4.39 Å². The summed E-state index contributed by atoms with van der Waals surface area (Å²) in [5.41, 5.74) is 2.01. The largest absolute Gasteiger partial charge is 0.415 e. The molecule has 2 heterocycles. The van der Waals surface area contributed by atoms with E-state index in [1.165, 1.54) is 12.1 Å². The lowest BCUT2D eigenvalue weighted by molar-refractivity contribution is 0.579. The summed E-state index contributed by atoms with van der Waals surface area (Å²) >= 11 is 0. The number of aromatic nitrogens is 4. The summed E-state index contributed by atoms with van der Waals surface area (Å²) in [7, 11) is 0. The highest BCUT2D eigenvalue weighted by atomic mass is 19.1. The van der Waals surface area contributed by atoms with Gasteiger partial charge >= 0.3 is 0 Å². The maximum Gasteiger partial charge on any atom is 0.268 e. The van der Waals surface area contributed by atoms with Crippen molar-refractivity contribution in [1.82, 2.24) is 20.4 Å². The zero-order valence-corrected chi connectivity index (χ0v) is 9.51. The number of nitrogens with one attached hydrogen (secondary N) is 1. The van der Waals surface area contributed by atoms with Gasteiger partial charge in [-0.2, -0.15) is 5.10 Å². The van der Waals surface area contributed by atoms with Gasteiger partial charge in [-0.15, -0.1) is 10.2 Å². The molecule has 0 amide bonds. The van der Waals surface area contributed by atoms with E-state index in [0.717, 1.165) is 5.69 Å². The van der Waals surface area contributed by atoms with Gasteiger partial charge < -0.3 is 4.42 Å². The molecule has 0 aliphatic heterocycles. The zero-order chi connectivity index (χ0) is 12.5. The molecule has 0 aliphatic carbocycles. The van der Waals surface area contributed by atoms with Crippen molar-refractivity contribution in [3.05, 3.63) is 41.8 Å². The molecule has 6 heteroatoms. The standard InChI is InChI=1S/C12H9FN4O/c1-7-5-10(15-14-7)12-17-16-11(18-12)8-3-2-4-9(13)6-8/h2-6H,1H3,(H,14,15). The molecule has 1 aromatic carbocycles. The molecule has 1 N–H and O–H groups in total. The first-order chi connectivity index (χ1) is 8.72. The molecule has 3 rings (SSSR count). The van der Waals surface area contributed by atoms with E-state index in [2.05, 4.69) is 20.4 Å². The third-order valence-corrected chi connectivity index (χ3v) is 2.42. The second-order valence-corrected chi connectivity index (χ2v) is 3.86. The molecule has 90 valence electrons. The Morgan fingerprint density at radius 2 is 2.00 bits per heavy atom. The Morgan fingerprint density at radius 3 is 2.72 bits per heavy atom. The van der Waals surface area contributed by atoms with Gasteiger partial charge in [0.1, 0.15) is 11.5 Å². The summed E-state index contributed by atoms with van der Waals surface area (Å²) in [6.45, 7) is 1.88. The van der Waals surface area contributed by atoms with Crippen LogP contribution in [0.2, 0.25) is 0 Å². The monoisotopic (exact) mass is 244 g/mol. The van der Waals surface area contributed by atoms with E-state index < -0.39 is 0 Å². The van der Waals surface area contributed by atoms with Gasteiger partial charge in [-0.25, -0.2) is 4.39 Å². The molecular weight excluding hydrogens is 235 g/mol. The first-order valence-electron chi connectivity index (χ1n) is 5.34. The van der Waals surface area contributed by atoms with Gasteiger partial charge in [-0.3, -0.25) is 5.10 Å². The van der Waals surface area contributed by atoms with E-state index in [1.807, 2.05) is 6.92 Å². The second kappa shape index (κ2) is 4.06. The van der Waals surface area contributed by atoms with Crippen LogP contribution in [-0.4, -0.2) is 20.4 Å². The van der Waals surface area contributed by atoms with E-state index in [1.54, 1.807) is 18.2 Å². The topological polar surface area (TPSA) is 67.6 Å². The first-order valence-corrected chi connectivity index (χ1v) is 5.34. The summed E-state index contributed by atoms with van der Waals surface area (Å²) in [6.07, 6.45) is 0. The fourth-order valence-corrected chi connectivity index (χ4v) is 1.59. The number of halogens is 1. The Labute approximate surface area is 102 Å². The third kappa shape index (κ3) is 1.88. The number of hydrogen-bond acceptors (Lipinski definition) is 4. The molecule has 0 saturated heterocycles. The number of rotatable bonds is 2. The number of aromatic amines is 1. The lowest BCUT2D eigenvalue weighted by atomic mass is 10.2. The Hall–Kier alpha value is -2.50. The van der Waals surface area contributed by atoms with E-state index in [-0.39, 0.29) is 11.7 Å². The molecule has 18 heavy (non-hydrogen) atoms. The van der Waals surface area contributed by atoms with Crippen LogP contribution in [0.15, 0.2) is 34.7 Å². The average molecular weight is 244 g/mol. The van der Waals surface area contributed by atoms with Crippen molar-refractivity contribution in [2.45, 2.75) is 6.92 Å². The lowest BCUT2D eigenvalue weighted by Crippen LogP contribution is -1.79. The van der Waals surface area contributed by atoms with Gasteiger partial charge in [-0.1, -0.05) is 6.07 Å². The minimum atomic E-state index is -0.345. The number of aryl methyl sites for hydroxylation is 1. The molecule has 0 atom stereocenters. The average Bonchev–Trinajstić information content (AvgIpc) is 2.97. The van der Waals surface area contributed by atoms with Crippen LogP contribution in [0, 0.1) is 12.7 Å². The van der Waals surface area contributed by atoms with Crippen molar-refractivity contribution in [3.8, 4) is 23.0 Å². The van der Waals surface area contributed by atoms with Gasteiger partial charge in [0.25, 0.3) is 5.89 Å². The van der Waals surface area contributed by atoms with E-state index in [4.69, 9.17) is 4.42 Å². The van der Waals surface area contributed by atoms with Crippen LogP contribution in [0.3, 0.4) is 0 Å². The summed E-state index contributed by atoms with van der Waals surface area (Å²) < 4.78 is 18.5. The number of nitrogens with zero attached hydrogens (tertiary/aromatic N) is 3. The third-order valence-electron chi connectivity index (χ3n) is 2.42. The Morgan fingerprint density at radius 1 is 1.17 bits per heavy atom. The predicted molar refractivity (Wildman–Crippen MR) is 62.0 cm³/mol. The van der Waals surface area contributed by atoms with Crippen molar-refractivity contribution >= 4 is 0 Å². The van der Waals surface area contributed by atoms with E-state index >= 15 is 0 Å². The van der Waals surface area contributed by atoms with Gasteiger partial charge in [0.2, 0.25) is 5.89 Å². The van der Waals surface area contributed by atoms with Gasteiger partial charge in [0, 0.05) is 11.3 Å². The van der Waals surface area contributed by atoms with Gasteiger partial charge in [0.05, 0.1) is 0 Å². The highest BCUT2D eigenvalue weighted by molar-refractivity contribution is 5.55. The highest BCUT2D eigenvalue weighted by Crippen LogP contribution is 2.23. The highest BCUT2D eigenvalue weighted by Gasteiger charge is 2.12. The van der Waals surface area contributed by atoms with Crippen LogP contribution < -0.4 is 0 Å².